The van der Waals surface area contributed by atoms with Crippen LogP contribution < -0.4 is 0 Å². The Labute approximate surface area is 80.9 Å². The van der Waals surface area contributed by atoms with Crippen molar-refractivity contribution in [3.63, 3.8) is 0 Å². The van der Waals surface area contributed by atoms with Gasteiger partial charge in [-0.25, -0.2) is 0 Å². The Balaban J connectivity index is 3.13. The van der Waals surface area contributed by atoms with E-state index in [1.54, 1.807) is 0 Å². The average molecular weight is 227 g/mol. The maximum atomic E-state index is 11.4. The van der Waals surface area contributed by atoms with Crippen LogP contribution in [0.25, 0.3) is 0 Å². The second-order valence-corrected chi connectivity index (χ2v) is 3.61. The normalized spacial score (nSPS) is 9.92. The molecule has 0 saturated carbocycles. The molecule has 0 heterocycles. The number of benzene rings is 1. The van der Waals surface area contributed by atoms with E-state index in [2.05, 4.69) is 15.9 Å². The van der Waals surface area contributed by atoms with E-state index in [9.17, 15) is 4.79 Å². The number of ketones is 1. The number of carbonyl (C=O) groups excluding carboxylic acids is 1. The minimum absolute atomic E-state index is 0.186. The highest BCUT2D eigenvalue weighted by atomic mass is 79.9. The van der Waals surface area contributed by atoms with E-state index < -0.39 is 0 Å². The van der Waals surface area contributed by atoms with Crippen molar-refractivity contribution in [2.24, 2.45) is 0 Å². The lowest BCUT2D eigenvalue weighted by molar-refractivity contribution is 0.0987. The van der Waals surface area contributed by atoms with Crippen molar-refractivity contribution in [3.8, 4) is 0 Å². The monoisotopic (exact) mass is 226 g/mol. The van der Waals surface area contributed by atoms with Crippen molar-refractivity contribution in [1.82, 2.24) is 0 Å². The zero-order valence-corrected chi connectivity index (χ0v) is 8.81. The van der Waals surface area contributed by atoms with Crippen LogP contribution >= 0.6 is 15.9 Å². The summed E-state index contributed by atoms with van der Waals surface area (Å²) in [6, 6.07) is 5.81. The summed E-state index contributed by atoms with van der Waals surface area (Å²) in [6.07, 6.45) is 0.558. The van der Waals surface area contributed by atoms with Crippen molar-refractivity contribution in [2.75, 3.05) is 0 Å². The molecule has 0 unspecified atom stereocenters. The van der Waals surface area contributed by atoms with Crippen LogP contribution in [-0.2, 0) is 0 Å². The van der Waals surface area contributed by atoms with Gasteiger partial charge in [-0.2, -0.15) is 0 Å². The maximum absolute atomic E-state index is 11.4. The average Bonchev–Trinajstić information content (AvgIpc) is 2.08. The molecule has 0 aromatic heterocycles. The maximum Gasteiger partial charge on any atom is 0.163 e. The van der Waals surface area contributed by atoms with E-state index in [0.29, 0.717) is 6.42 Å². The van der Waals surface area contributed by atoms with Gasteiger partial charge in [0.25, 0.3) is 0 Å². The Bertz CT molecular complexity index is 305. The van der Waals surface area contributed by atoms with Gasteiger partial charge in [0.2, 0.25) is 0 Å². The fourth-order valence-electron chi connectivity index (χ4n) is 1.04. The van der Waals surface area contributed by atoms with Crippen LogP contribution in [0.15, 0.2) is 22.7 Å². The number of Topliss-reactive ketones (excluding diaryl/α,β-unsaturated/α-hetero) is 1. The van der Waals surface area contributed by atoms with Gasteiger partial charge in [0.1, 0.15) is 0 Å². The minimum atomic E-state index is 0.186. The van der Waals surface area contributed by atoms with Gasteiger partial charge in [-0.1, -0.05) is 34.5 Å². The largest absolute Gasteiger partial charge is 0.294 e. The molecule has 0 bridgehead atoms. The molecule has 1 rings (SSSR count). The molecule has 0 spiro atoms. The molecule has 64 valence electrons. The number of rotatable bonds is 2. The summed E-state index contributed by atoms with van der Waals surface area (Å²) < 4.78 is 0.889. The molecular formula is C10H11BrO. The molecule has 0 amide bonds. The number of carbonyl (C=O) groups is 1. The van der Waals surface area contributed by atoms with Crippen molar-refractivity contribution < 1.29 is 4.79 Å². The summed E-state index contributed by atoms with van der Waals surface area (Å²) >= 11 is 3.35. The van der Waals surface area contributed by atoms with Gasteiger partial charge in [0, 0.05) is 16.5 Å². The van der Waals surface area contributed by atoms with Crippen molar-refractivity contribution in [3.05, 3.63) is 33.8 Å². The molecule has 1 nitrogen and oxygen atoms in total. The standard InChI is InChI=1S/C10H11BrO/c1-3-10(12)8-6-7(2)4-5-9(8)11/h4-6H,3H2,1-2H3. The van der Waals surface area contributed by atoms with Crippen molar-refractivity contribution >= 4 is 21.7 Å². The van der Waals surface area contributed by atoms with Crippen LogP contribution in [0.2, 0.25) is 0 Å². The highest BCUT2D eigenvalue weighted by molar-refractivity contribution is 9.10. The van der Waals surface area contributed by atoms with E-state index in [1.165, 1.54) is 0 Å². The quantitative estimate of drug-likeness (QED) is 0.708. The minimum Gasteiger partial charge on any atom is -0.294 e. The van der Waals surface area contributed by atoms with Crippen LogP contribution in [0.5, 0.6) is 0 Å². The predicted octanol–water partition coefficient (Wildman–Crippen LogP) is 3.35. The summed E-state index contributed by atoms with van der Waals surface area (Å²) in [4.78, 5) is 11.4. The first-order valence-electron chi connectivity index (χ1n) is 3.94. The first kappa shape index (κ1) is 9.46. The van der Waals surface area contributed by atoms with E-state index in [-0.39, 0.29) is 5.78 Å². The van der Waals surface area contributed by atoms with Gasteiger partial charge in [-0.05, 0) is 19.1 Å². The molecule has 1 aromatic rings. The zero-order valence-electron chi connectivity index (χ0n) is 7.23. The molecule has 0 saturated heterocycles. The molecule has 0 fully saturated rings. The molecule has 0 aliphatic heterocycles. The van der Waals surface area contributed by atoms with Gasteiger partial charge in [-0.15, -0.1) is 0 Å². The molecular weight excluding hydrogens is 216 g/mol. The van der Waals surface area contributed by atoms with Crippen LogP contribution in [-0.4, -0.2) is 5.78 Å². The smallest absolute Gasteiger partial charge is 0.163 e. The van der Waals surface area contributed by atoms with E-state index in [1.807, 2.05) is 32.0 Å². The van der Waals surface area contributed by atoms with Crippen LogP contribution in [0, 0.1) is 6.92 Å². The second kappa shape index (κ2) is 3.85. The first-order valence-corrected chi connectivity index (χ1v) is 4.73. The molecule has 0 radical (unpaired) electrons. The Morgan fingerprint density at radius 3 is 2.75 bits per heavy atom. The second-order valence-electron chi connectivity index (χ2n) is 2.76. The molecule has 0 atom stereocenters. The number of aryl methyl sites for hydroxylation is 1. The van der Waals surface area contributed by atoms with Crippen LogP contribution in [0.1, 0.15) is 29.3 Å². The van der Waals surface area contributed by atoms with Crippen LogP contribution in [0.4, 0.5) is 0 Å². The van der Waals surface area contributed by atoms with Gasteiger partial charge in [0.05, 0.1) is 0 Å². The van der Waals surface area contributed by atoms with Gasteiger partial charge in [-0.3, -0.25) is 4.79 Å². The van der Waals surface area contributed by atoms with E-state index >= 15 is 0 Å². The zero-order chi connectivity index (χ0) is 9.14. The Kier molecular flexibility index (Phi) is 3.04. The SMILES string of the molecule is CCC(=O)c1cc(C)ccc1Br. The summed E-state index contributed by atoms with van der Waals surface area (Å²) in [5.41, 5.74) is 1.91. The number of hydrogen-bond donors (Lipinski definition) is 0. The fourth-order valence-corrected chi connectivity index (χ4v) is 1.51. The third kappa shape index (κ3) is 1.95. The van der Waals surface area contributed by atoms with Crippen molar-refractivity contribution in [1.29, 1.82) is 0 Å². The first-order chi connectivity index (χ1) is 5.65. The molecule has 1 aromatic carbocycles. The predicted molar refractivity (Wildman–Crippen MR) is 53.5 cm³/mol. The van der Waals surface area contributed by atoms with Gasteiger partial charge < -0.3 is 0 Å². The molecule has 2 heteroatoms. The summed E-state index contributed by atoms with van der Waals surface area (Å²) in [6.45, 7) is 3.86. The Hall–Kier alpha value is -0.630. The number of hydrogen-bond acceptors (Lipinski definition) is 1. The lowest BCUT2D eigenvalue weighted by Gasteiger charge is -2.02. The lowest BCUT2D eigenvalue weighted by atomic mass is 10.1. The van der Waals surface area contributed by atoms with Gasteiger partial charge >= 0.3 is 0 Å². The van der Waals surface area contributed by atoms with E-state index in [4.69, 9.17) is 0 Å². The lowest BCUT2D eigenvalue weighted by Crippen LogP contribution is -1.97. The fraction of sp³-hybridized carbons (Fsp3) is 0.300. The van der Waals surface area contributed by atoms with Gasteiger partial charge in [0.15, 0.2) is 5.78 Å². The van der Waals surface area contributed by atoms with Crippen molar-refractivity contribution in [2.45, 2.75) is 20.3 Å². The highest BCUT2D eigenvalue weighted by Gasteiger charge is 2.06. The summed E-state index contributed by atoms with van der Waals surface area (Å²) in [7, 11) is 0. The van der Waals surface area contributed by atoms with E-state index in [0.717, 1.165) is 15.6 Å². The molecule has 0 N–H and O–H groups in total. The third-order valence-electron chi connectivity index (χ3n) is 1.74. The molecule has 0 aliphatic carbocycles. The Morgan fingerprint density at radius 1 is 1.50 bits per heavy atom. The Morgan fingerprint density at radius 2 is 2.17 bits per heavy atom. The highest BCUT2D eigenvalue weighted by Crippen LogP contribution is 2.19. The topological polar surface area (TPSA) is 17.1 Å². The molecule has 0 aliphatic rings. The third-order valence-corrected chi connectivity index (χ3v) is 2.43. The number of halogens is 1. The summed E-state index contributed by atoms with van der Waals surface area (Å²) in [5.74, 6) is 0.186. The summed E-state index contributed by atoms with van der Waals surface area (Å²) in [5, 5.41) is 0. The van der Waals surface area contributed by atoms with Crippen LogP contribution in [0.3, 0.4) is 0 Å². The molecule has 12 heavy (non-hydrogen) atoms.